The topological polar surface area (TPSA) is 73.2 Å². The molecule has 1 aliphatic rings. The van der Waals surface area contributed by atoms with Crippen LogP contribution < -0.4 is 10.9 Å². The summed E-state index contributed by atoms with van der Waals surface area (Å²) in [6.07, 6.45) is 3.60. The Balaban J connectivity index is 1.66. The van der Waals surface area contributed by atoms with E-state index in [1.165, 1.54) is 11.3 Å². The highest BCUT2D eigenvalue weighted by molar-refractivity contribution is 7.20. The van der Waals surface area contributed by atoms with E-state index in [1.54, 1.807) is 10.9 Å². The van der Waals surface area contributed by atoms with Crippen LogP contribution in [0, 0.1) is 13.8 Å². The van der Waals surface area contributed by atoms with Gasteiger partial charge < -0.3 is 10.1 Å². The number of nitrogens with zero attached hydrogens (tertiary/aromatic N) is 2. The Morgan fingerprint density at radius 2 is 2.26 bits per heavy atom. The molecule has 27 heavy (non-hydrogen) atoms. The number of rotatable bonds is 4. The fraction of sp³-hybridized carbons (Fsp3) is 0.350. The van der Waals surface area contributed by atoms with E-state index in [9.17, 15) is 9.59 Å². The first kappa shape index (κ1) is 17.9. The largest absolute Gasteiger partial charge is 0.376 e. The van der Waals surface area contributed by atoms with Gasteiger partial charge in [0.25, 0.3) is 11.5 Å². The standard InChI is InChI=1S/C20H21N3O3S/c1-12-5-3-6-14(9-12)22-18(24)17-13(2)16-19(27-17)21-11-23(20(16)25)10-15-7-4-8-26-15/h3,5-6,9,11,15H,4,7-8,10H2,1-2H3,(H,22,24)/t15-/m0/s1. The van der Waals surface area contributed by atoms with Crippen LogP contribution in [0.15, 0.2) is 35.4 Å². The summed E-state index contributed by atoms with van der Waals surface area (Å²) in [5.41, 5.74) is 2.37. The Morgan fingerprint density at radius 3 is 3.00 bits per heavy atom. The molecule has 0 saturated carbocycles. The molecule has 1 aliphatic heterocycles. The van der Waals surface area contributed by atoms with Gasteiger partial charge in [0.15, 0.2) is 0 Å². The molecular formula is C20H21N3O3S. The number of aromatic nitrogens is 2. The summed E-state index contributed by atoms with van der Waals surface area (Å²) in [7, 11) is 0. The molecule has 3 aromatic rings. The lowest BCUT2D eigenvalue weighted by atomic mass is 10.2. The number of thiophene rings is 1. The van der Waals surface area contributed by atoms with Crippen LogP contribution in [0.3, 0.4) is 0 Å². The molecule has 7 heteroatoms. The first-order chi connectivity index (χ1) is 13.0. The molecule has 1 amide bonds. The normalized spacial score (nSPS) is 16.7. The zero-order valence-corrected chi connectivity index (χ0v) is 16.1. The van der Waals surface area contributed by atoms with Crippen molar-refractivity contribution >= 4 is 33.1 Å². The van der Waals surface area contributed by atoms with E-state index >= 15 is 0 Å². The van der Waals surface area contributed by atoms with Gasteiger partial charge in [-0.05, 0) is 49.9 Å². The zero-order chi connectivity index (χ0) is 19.0. The maximum absolute atomic E-state index is 12.9. The molecule has 1 atom stereocenters. The SMILES string of the molecule is Cc1cccc(NC(=O)c2sc3ncn(C[C@@H]4CCCO4)c(=O)c3c2C)c1. The van der Waals surface area contributed by atoms with Crippen molar-refractivity contribution in [2.24, 2.45) is 0 Å². The van der Waals surface area contributed by atoms with Crippen LogP contribution in [0.5, 0.6) is 0 Å². The Labute approximate surface area is 160 Å². The van der Waals surface area contributed by atoms with Gasteiger partial charge in [0.1, 0.15) is 4.83 Å². The minimum atomic E-state index is -0.217. The smallest absolute Gasteiger partial charge is 0.266 e. The summed E-state index contributed by atoms with van der Waals surface area (Å²) < 4.78 is 7.22. The van der Waals surface area contributed by atoms with Crippen molar-refractivity contribution < 1.29 is 9.53 Å². The van der Waals surface area contributed by atoms with Gasteiger partial charge in [-0.2, -0.15) is 0 Å². The summed E-state index contributed by atoms with van der Waals surface area (Å²) in [6, 6.07) is 7.63. The van der Waals surface area contributed by atoms with Gasteiger partial charge in [0, 0.05) is 12.3 Å². The van der Waals surface area contributed by atoms with Crippen molar-refractivity contribution in [1.82, 2.24) is 9.55 Å². The van der Waals surface area contributed by atoms with Crippen LogP contribution in [0.4, 0.5) is 5.69 Å². The second kappa shape index (κ2) is 7.25. The second-order valence-corrected chi connectivity index (χ2v) is 7.90. The van der Waals surface area contributed by atoms with E-state index < -0.39 is 0 Å². The lowest BCUT2D eigenvalue weighted by molar-refractivity contribution is 0.0960. The monoisotopic (exact) mass is 383 g/mol. The van der Waals surface area contributed by atoms with Gasteiger partial charge in [-0.3, -0.25) is 14.2 Å². The molecule has 6 nitrogen and oxygen atoms in total. The summed E-state index contributed by atoms with van der Waals surface area (Å²) >= 11 is 1.25. The molecule has 0 spiro atoms. The molecule has 1 N–H and O–H groups in total. The van der Waals surface area contributed by atoms with Crippen LogP contribution in [-0.2, 0) is 11.3 Å². The van der Waals surface area contributed by atoms with Crippen molar-refractivity contribution in [2.75, 3.05) is 11.9 Å². The highest BCUT2D eigenvalue weighted by Gasteiger charge is 2.22. The molecule has 140 valence electrons. The number of carbonyl (C=O) groups is 1. The first-order valence-corrected chi connectivity index (χ1v) is 9.83. The lowest BCUT2D eigenvalue weighted by Crippen LogP contribution is -2.26. The van der Waals surface area contributed by atoms with Crippen LogP contribution >= 0.6 is 11.3 Å². The van der Waals surface area contributed by atoms with Crippen molar-refractivity contribution in [2.45, 2.75) is 39.3 Å². The highest BCUT2D eigenvalue weighted by Crippen LogP contribution is 2.28. The first-order valence-electron chi connectivity index (χ1n) is 9.01. The molecular weight excluding hydrogens is 362 g/mol. The Bertz CT molecular complexity index is 1060. The van der Waals surface area contributed by atoms with Gasteiger partial charge in [0.2, 0.25) is 0 Å². The number of amides is 1. The summed E-state index contributed by atoms with van der Waals surface area (Å²) in [5, 5.41) is 3.43. The predicted molar refractivity (Wildman–Crippen MR) is 107 cm³/mol. The van der Waals surface area contributed by atoms with Crippen molar-refractivity contribution in [3.63, 3.8) is 0 Å². The average Bonchev–Trinajstić information content (AvgIpc) is 3.25. The van der Waals surface area contributed by atoms with E-state index in [1.807, 2.05) is 38.1 Å². The number of carbonyl (C=O) groups excluding carboxylic acids is 1. The molecule has 0 unspecified atom stereocenters. The van der Waals surface area contributed by atoms with Crippen molar-refractivity contribution in [3.8, 4) is 0 Å². The molecule has 1 saturated heterocycles. The lowest BCUT2D eigenvalue weighted by Gasteiger charge is -2.11. The number of ether oxygens (including phenoxy) is 1. The number of hydrogen-bond acceptors (Lipinski definition) is 5. The quantitative estimate of drug-likeness (QED) is 0.748. The number of nitrogens with one attached hydrogen (secondary N) is 1. The number of aryl methyl sites for hydroxylation is 2. The molecule has 3 heterocycles. The Kier molecular flexibility index (Phi) is 4.80. The third-order valence-electron chi connectivity index (χ3n) is 4.82. The molecule has 0 aliphatic carbocycles. The highest BCUT2D eigenvalue weighted by atomic mass is 32.1. The van der Waals surface area contributed by atoms with E-state index in [-0.39, 0.29) is 17.6 Å². The van der Waals surface area contributed by atoms with E-state index in [4.69, 9.17) is 4.74 Å². The molecule has 0 radical (unpaired) electrons. The molecule has 1 fully saturated rings. The fourth-order valence-corrected chi connectivity index (χ4v) is 4.46. The van der Waals surface area contributed by atoms with Crippen LogP contribution in [0.2, 0.25) is 0 Å². The van der Waals surface area contributed by atoms with Crippen LogP contribution in [-0.4, -0.2) is 28.2 Å². The third-order valence-corrected chi connectivity index (χ3v) is 6.02. The fourth-order valence-electron chi connectivity index (χ4n) is 3.42. The van der Waals surface area contributed by atoms with Crippen LogP contribution in [0.25, 0.3) is 10.2 Å². The summed E-state index contributed by atoms with van der Waals surface area (Å²) in [6.45, 7) is 5.03. The molecule has 4 rings (SSSR count). The minimum absolute atomic E-state index is 0.0602. The summed E-state index contributed by atoms with van der Waals surface area (Å²) in [4.78, 5) is 31.2. The minimum Gasteiger partial charge on any atom is -0.376 e. The number of benzene rings is 1. The maximum Gasteiger partial charge on any atom is 0.266 e. The van der Waals surface area contributed by atoms with Crippen molar-refractivity contribution in [1.29, 1.82) is 0 Å². The number of anilines is 1. The third kappa shape index (κ3) is 3.52. The van der Waals surface area contributed by atoms with Crippen LogP contribution in [0.1, 0.15) is 33.6 Å². The van der Waals surface area contributed by atoms with Gasteiger partial charge in [-0.1, -0.05) is 12.1 Å². The molecule has 2 aromatic heterocycles. The number of hydrogen-bond donors (Lipinski definition) is 1. The molecule has 0 bridgehead atoms. The van der Waals surface area contributed by atoms with E-state index in [0.29, 0.717) is 27.2 Å². The Hall–Kier alpha value is -2.51. The Morgan fingerprint density at radius 1 is 1.41 bits per heavy atom. The number of fused-ring (bicyclic) bond motifs is 1. The zero-order valence-electron chi connectivity index (χ0n) is 15.3. The summed E-state index contributed by atoms with van der Waals surface area (Å²) in [5.74, 6) is -0.217. The van der Waals surface area contributed by atoms with Gasteiger partial charge in [0.05, 0.1) is 29.2 Å². The van der Waals surface area contributed by atoms with Gasteiger partial charge in [-0.15, -0.1) is 11.3 Å². The van der Waals surface area contributed by atoms with E-state index in [2.05, 4.69) is 10.3 Å². The van der Waals surface area contributed by atoms with Gasteiger partial charge >= 0.3 is 0 Å². The van der Waals surface area contributed by atoms with Gasteiger partial charge in [-0.25, -0.2) is 4.98 Å². The maximum atomic E-state index is 12.9. The van der Waals surface area contributed by atoms with Crippen molar-refractivity contribution in [3.05, 3.63) is 57.0 Å². The average molecular weight is 383 g/mol. The molecule has 1 aromatic carbocycles. The second-order valence-electron chi connectivity index (χ2n) is 6.90. The van der Waals surface area contributed by atoms with E-state index in [0.717, 1.165) is 30.7 Å². The predicted octanol–water partition coefficient (Wildman–Crippen LogP) is 3.51.